The molecule has 0 heterocycles. The van der Waals surface area contributed by atoms with Crippen LogP contribution in [0.5, 0.6) is 5.75 Å². The van der Waals surface area contributed by atoms with Crippen LogP contribution < -0.4 is 15.8 Å². The molecule has 0 aliphatic heterocycles. The fraction of sp³-hybridized carbons (Fsp3) is 0.562. The molecule has 21 heavy (non-hydrogen) atoms. The number of amides is 1. The topological polar surface area (TPSA) is 64.3 Å². The smallest absolute Gasteiger partial charge is 0.226 e. The standard InChI is InChI=1S/C16H25BrN2O2/c1-10-6-11(17)7-13(21-5)15(10)19-14(20)8-12(18)9-16(2,3)4/h6-7,12H,8-9,18H2,1-5H3,(H,19,20). The van der Waals surface area contributed by atoms with E-state index >= 15 is 0 Å². The first-order chi connectivity index (χ1) is 9.62. The molecule has 0 fully saturated rings. The molecule has 0 aliphatic carbocycles. The zero-order chi connectivity index (χ0) is 16.2. The van der Waals surface area contributed by atoms with Gasteiger partial charge in [-0.2, -0.15) is 0 Å². The number of ether oxygens (including phenoxy) is 1. The van der Waals surface area contributed by atoms with E-state index in [0.29, 0.717) is 17.9 Å². The van der Waals surface area contributed by atoms with Crippen molar-refractivity contribution in [3.05, 3.63) is 22.2 Å². The van der Waals surface area contributed by atoms with Crippen molar-refractivity contribution in [1.29, 1.82) is 0 Å². The number of carbonyl (C=O) groups is 1. The van der Waals surface area contributed by atoms with Gasteiger partial charge in [0.1, 0.15) is 5.75 Å². The Morgan fingerprint density at radius 1 is 1.43 bits per heavy atom. The Morgan fingerprint density at radius 2 is 2.05 bits per heavy atom. The summed E-state index contributed by atoms with van der Waals surface area (Å²) in [7, 11) is 1.59. The normalized spacial score (nSPS) is 12.9. The van der Waals surface area contributed by atoms with E-state index < -0.39 is 0 Å². The van der Waals surface area contributed by atoms with Crippen LogP contribution in [0.2, 0.25) is 0 Å². The van der Waals surface area contributed by atoms with Gasteiger partial charge in [-0.1, -0.05) is 36.7 Å². The van der Waals surface area contributed by atoms with Gasteiger partial charge in [0.15, 0.2) is 0 Å². The summed E-state index contributed by atoms with van der Waals surface area (Å²) >= 11 is 3.41. The first-order valence-electron chi connectivity index (χ1n) is 7.02. The SMILES string of the molecule is COc1cc(Br)cc(C)c1NC(=O)CC(N)CC(C)(C)C. The molecular formula is C16H25BrN2O2. The van der Waals surface area contributed by atoms with E-state index in [0.717, 1.165) is 16.5 Å². The Morgan fingerprint density at radius 3 is 2.57 bits per heavy atom. The van der Waals surface area contributed by atoms with Crippen molar-refractivity contribution in [2.75, 3.05) is 12.4 Å². The quantitative estimate of drug-likeness (QED) is 0.841. The second kappa shape index (κ2) is 7.27. The summed E-state index contributed by atoms with van der Waals surface area (Å²) in [6.45, 7) is 8.28. The van der Waals surface area contributed by atoms with Gasteiger partial charge in [-0.05, 0) is 36.5 Å². The third kappa shape index (κ3) is 6.06. The van der Waals surface area contributed by atoms with E-state index in [9.17, 15) is 4.79 Å². The third-order valence-corrected chi connectivity index (χ3v) is 3.53. The molecule has 0 radical (unpaired) electrons. The van der Waals surface area contributed by atoms with Crippen LogP contribution in [0.25, 0.3) is 0 Å². The Hall–Kier alpha value is -1.07. The maximum atomic E-state index is 12.2. The molecule has 3 N–H and O–H groups in total. The van der Waals surface area contributed by atoms with Crippen LogP contribution in [0.15, 0.2) is 16.6 Å². The predicted molar refractivity (Wildman–Crippen MR) is 90.7 cm³/mol. The molecule has 0 bridgehead atoms. The number of benzene rings is 1. The summed E-state index contributed by atoms with van der Waals surface area (Å²) < 4.78 is 6.23. The highest BCUT2D eigenvalue weighted by atomic mass is 79.9. The van der Waals surface area contributed by atoms with Gasteiger partial charge in [0.05, 0.1) is 12.8 Å². The molecule has 4 nitrogen and oxygen atoms in total. The van der Waals surface area contributed by atoms with Gasteiger partial charge in [0.2, 0.25) is 5.91 Å². The van der Waals surface area contributed by atoms with Crippen LogP contribution in [-0.2, 0) is 4.79 Å². The Bertz CT molecular complexity index is 510. The molecule has 0 saturated heterocycles. The Kier molecular flexibility index (Phi) is 6.23. The summed E-state index contributed by atoms with van der Waals surface area (Å²) in [4.78, 5) is 12.2. The minimum absolute atomic E-state index is 0.0875. The van der Waals surface area contributed by atoms with Gasteiger partial charge in [-0.25, -0.2) is 0 Å². The van der Waals surface area contributed by atoms with Crippen molar-refractivity contribution in [2.24, 2.45) is 11.1 Å². The maximum Gasteiger partial charge on any atom is 0.226 e. The number of aryl methyl sites for hydroxylation is 1. The summed E-state index contributed by atoms with van der Waals surface area (Å²) in [5, 5.41) is 2.91. The molecule has 118 valence electrons. The molecule has 5 heteroatoms. The average Bonchev–Trinajstić information content (AvgIpc) is 2.29. The maximum absolute atomic E-state index is 12.2. The van der Waals surface area contributed by atoms with E-state index in [2.05, 4.69) is 42.0 Å². The lowest BCUT2D eigenvalue weighted by Crippen LogP contribution is -2.31. The molecule has 0 aliphatic rings. The summed E-state index contributed by atoms with van der Waals surface area (Å²) in [6.07, 6.45) is 1.10. The van der Waals surface area contributed by atoms with Crippen LogP contribution in [0, 0.1) is 12.3 Å². The lowest BCUT2D eigenvalue weighted by atomic mass is 9.87. The predicted octanol–water partition coefficient (Wildman–Crippen LogP) is 3.86. The number of methoxy groups -OCH3 is 1. The van der Waals surface area contributed by atoms with Gasteiger partial charge in [0.25, 0.3) is 0 Å². The van der Waals surface area contributed by atoms with E-state index in [-0.39, 0.29) is 17.4 Å². The molecule has 0 aromatic heterocycles. The molecule has 1 atom stereocenters. The van der Waals surface area contributed by atoms with Crippen molar-refractivity contribution < 1.29 is 9.53 Å². The van der Waals surface area contributed by atoms with Crippen LogP contribution in [0.4, 0.5) is 5.69 Å². The monoisotopic (exact) mass is 356 g/mol. The van der Waals surface area contributed by atoms with Gasteiger partial charge in [0, 0.05) is 16.9 Å². The number of hydrogen-bond acceptors (Lipinski definition) is 3. The van der Waals surface area contributed by atoms with E-state index in [1.165, 1.54) is 0 Å². The minimum Gasteiger partial charge on any atom is -0.495 e. The number of halogens is 1. The average molecular weight is 357 g/mol. The zero-order valence-electron chi connectivity index (χ0n) is 13.4. The molecule has 1 aromatic carbocycles. The molecule has 0 spiro atoms. The molecule has 1 unspecified atom stereocenters. The molecular weight excluding hydrogens is 332 g/mol. The third-order valence-electron chi connectivity index (χ3n) is 3.07. The first-order valence-corrected chi connectivity index (χ1v) is 7.81. The van der Waals surface area contributed by atoms with Gasteiger partial charge in [-0.3, -0.25) is 4.79 Å². The number of anilines is 1. The highest BCUT2D eigenvalue weighted by Crippen LogP contribution is 2.32. The van der Waals surface area contributed by atoms with Gasteiger partial charge < -0.3 is 15.8 Å². The van der Waals surface area contributed by atoms with Gasteiger partial charge in [-0.15, -0.1) is 0 Å². The second-order valence-corrected chi connectivity index (χ2v) is 7.49. The largest absolute Gasteiger partial charge is 0.495 e. The molecule has 1 rings (SSSR count). The molecule has 1 aromatic rings. The number of nitrogens with two attached hydrogens (primary N) is 1. The van der Waals surface area contributed by atoms with Crippen LogP contribution in [0.3, 0.4) is 0 Å². The summed E-state index contributed by atoms with van der Waals surface area (Å²) in [5.41, 5.74) is 7.81. The number of hydrogen-bond donors (Lipinski definition) is 2. The number of rotatable bonds is 5. The van der Waals surface area contributed by atoms with Gasteiger partial charge >= 0.3 is 0 Å². The zero-order valence-corrected chi connectivity index (χ0v) is 15.0. The van der Waals surface area contributed by atoms with Crippen LogP contribution in [-0.4, -0.2) is 19.1 Å². The highest BCUT2D eigenvalue weighted by molar-refractivity contribution is 9.10. The Labute approximate surface area is 135 Å². The number of carbonyl (C=O) groups excluding carboxylic acids is 1. The van der Waals surface area contributed by atoms with Crippen molar-refractivity contribution in [3.8, 4) is 5.75 Å². The summed E-state index contributed by atoms with van der Waals surface area (Å²) in [6, 6.07) is 3.62. The second-order valence-electron chi connectivity index (χ2n) is 6.58. The fourth-order valence-electron chi connectivity index (χ4n) is 2.32. The minimum atomic E-state index is -0.147. The van der Waals surface area contributed by atoms with Crippen LogP contribution in [0.1, 0.15) is 39.2 Å². The Balaban J connectivity index is 2.76. The fourth-order valence-corrected chi connectivity index (χ4v) is 2.87. The van der Waals surface area contributed by atoms with E-state index in [1.54, 1.807) is 7.11 Å². The van der Waals surface area contributed by atoms with Crippen molar-refractivity contribution >= 4 is 27.5 Å². The number of nitrogens with one attached hydrogen (secondary N) is 1. The molecule has 1 amide bonds. The van der Waals surface area contributed by atoms with Crippen molar-refractivity contribution in [2.45, 2.75) is 46.6 Å². The van der Waals surface area contributed by atoms with E-state index in [4.69, 9.17) is 10.5 Å². The van der Waals surface area contributed by atoms with E-state index in [1.807, 2.05) is 19.1 Å². The lowest BCUT2D eigenvalue weighted by molar-refractivity contribution is -0.116. The lowest BCUT2D eigenvalue weighted by Gasteiger charge is -2.23. The van der Waals surface area contributed by atoms with Crippen molar-refractivity contribution in [1.82, 2.24) is 0 Å². The highest BCUT2D eigenvalue weighted by Gasteiger charge is 2.19. The summed E-state index contributed by atoms with van der Waals surface area (Å²) in [5.74, 6) is 0.551. The van der Waals surface area contributed by atoms with Crippen molar-refractivity contribution in [3.63, 3.8) is 0 Å². The van der Waals surface area contributed by atoms with Crippen LogP contribution >= 0.6 is 15.9 Å². The molecule has 0 saturated carbocycles. The first kappa shape index (κ1) is 18.0.